The van der Waals surface area contributed by atoms with E-state index in [2.05, 4.69) is 25.1 Å². The van der Waals surface area contributed by atoms with Gasteiger partial charge in [-0.2, -0.15) is 15.0 Å². The second-order valence-electron chi connectivity index (χ2n) is 8.29. The molecule has 2 aromatic heterocycles. The van der Waals surface area contributed by atoms with Gasteiger partial charge in [0.25, 0.3) is 5.91 Å². The maximum Gasteiger partial charge on any atom is 0.256 e. The van der Waals surface area contributed by atoms with Crippen molar-refractivity contribution in [1.82, 2.24) is 29.9 Å². The van der Waals surface area contributed by atoms with Crippen molar-refractivity contribution in [2.75, 3.05) is 38.2 Å². The van der Waals surface area contributed by atoms with Crippen LogP contribution in [-0.2, 0) is 0 Å². The molecule has 11 heteroatoms. The summed E-state index contributed by atoms with van der Waals surface area (Å²) < 4.78 is 5.33. The number of anilines is 1. The molecule has 0 aliphatic carbocycles. The van der Waals surface area contributed by atoms with E-state index in [9.17, 15) is 4.79 Å². The molecule has 2 saturated heterocycles. The monoisotopic (exact) mass is 473 g/mol. The SMILES string of the molecule is COc1ccc(C(=O)N2CC3CN(c4nc(C)cc(C)n4)CC3C2)c(-n2nccn2)c1.Cl.O. The molecule has 2 fully saturated rings. The standard InChI is InChI=1S/C22H25N7O2.ClH.H2O/c1-14-8-15(2)26-22(25-14)28-12-16-10-27(11-17(16)13-28)21(30)19-5-4-18(31-3)9-20(19)29-23-6-7-24-29;;/h4-9,16-17H,10-13H2,1-3H3;1H;1H2. The van der Waals surface area contributed by atoms with Gasteiger partial charge in [-0.3, -0.25) is 4.79 Å². The number of hydrogen-bond acceptors (Lipinski definition) is 7. The van der Waals surface area contributed by atoms with Crippen LogP contribution in [0.15, 0.2) is 36.7 Å². The molecular formula is C22H28ClN7O3. The van der Waals surface area contributed by atoms with E-state index < -0.39 is 0 Å². The van der Waals surface area contributed by atoms with Gasteiger partial charge in [0, 0.05) is 55.5 Å². The van der Waals surface area contributed by atoms with Crippen LogP contribution in [0.2, 0.25) is 0 Å². The summed E-state index contributed by atoms with van der Waals surface area (Å²) >= 11 is 0. The van der Waals surface area contributed by atoms with Crippen molar-refractivity contribution >= 4 is 24.3 Å². The maximum atomic E-state index is 13.4. The summed E-state index contributed by atoms with van der Waals surface area (Å²) in [4.78, 5) is 28.3. The second-order valence-corrected chi connectivity index (χ2v) is 8.29. The fourth-order valence-corrected chi connectivity index (χ4v) is 4.67. The molecule has 1 aromatic carbocycles. The highest BCUT2D eigenvalue weighted by Gasteiger charge is 2.43. The molecular weight excluding hydrogens is 446 g/mol. The summed E-state index contributed by atoms with van der Waals surface area (Å²) in [5.74, 6) is 2.28. The Bertz CT molecular complexity index is 1090. The number of carbonyl (C=O) groups is 1. The van der Waals surface area contributed by atoms with Crippen molar-refractivity contribution in [1.29, 1.82) is 0 Å². The van der Waals surface area contributed by atoms with Crippen LogP contribution in [0.1, 0.15) is 21.7 Å². The number of fused-ring (bicyclic) bond motifs is 1. The largest absolute Gasteiger partial charge is 0.497 e. The van der Waals surface area contributed by atoms with Crippen molar-refractivity contribution in [2.45, 2.75) is 13.8 Å². The lowest BCUT2D eigenvalue weighted by Gasteiger charge is -2.23. The van der Waals surface area contributed by atoms with Crippen LogP contribution in [0.5, 0.6) is 5.75 Å². The first-order valence-corrected chi connectivity index (χ1v) is 10.4. The normalized spacial score (nSPS) is 19.0. The Labute approximate surface area is 198 Å². The fourth-order valence-electron chi connectivity index (χ4n) is 4.67. The molecule has 33 heavy (non-hydrogen) atoms. The van der Waals surface area contributed by atoms with Crippen LogP contribution >= 0.6 is 12.4 Å². The molecule has 0 spiro atoms. The van der Waals surface area contributed by atoms with Crippen LogP contribution in [0.4, 0.5) is 5.95 Å². The summed E-state index contributed by atoms with van der Waals surface area (Å²) in [7, 11) is 1.60. The number of ether oxygens (including phenoxy) is 1. The van der Waals surface area contributed by atoms with Crippen molar-refractivity contribution in [3.63, 3.8) is 0 Å². The molecule has 3 aromatic rings. The van der Waals surface area contributed by atoms with Crippen LogP contribution in [0.3, 0.4) is 0 Å². The van der Waals surface area contributed by atoms with Gasteiger partial charge < -0.3 is 20.0 Å². The lowest BCUT2D eigenvalue weighted by atomic mass is 10.0. The molecule has 10 nitrogen and oxygen atoms in total. The third-order valence-electron chi connectivity index (χ3n) is 6.10. The van der Waals surface area contributed by atoms with Gasteiger partial charge >= 0.3 is 0 Å². The van der Waals surface area contributed by atoms with Crippen molar-refractivity contribution in [3.8, 4) is 11.4 Å². The number of carbonyl (C=O) groups excluding carboxylic acids is 1. The van der Waals surface area contributed by atoms with Crippen molar-refractivity contribution in [3.05, 3.63) is 53.6 Å². The van der Waals surface area contributed by atoms with Gasteiger partial charge in [0.05, 0.1) is 25.1 Å². The Morgan fingerprint density at radius 2 is 1.58 bits per heavy atom. The zero-order valence-electron chi connectivity index (χ0n) is 18.8. The third kappa shape index (κ3) is 4.62. The number of halogens is 1. The average Bonchev–Trinajstić information content (AvgIpc) is 3.48. The van der Waals surface area contributed by atoms with E-state index in [-0.39, 0.29) is 23.8 Å². The first-order chi connectivity index (χ1) is 15.0. The zero-order valence-corrected chi connectivity index (χ0v) is 19.6. The van der Waals surface area contributed by atoms with E-state index >= 15 is 0 Å². The van der Waals surface area contributed by atoms with E-state index in [4.69, 9.17) is 4.74 Å². The average molecular weight is 474 g/mol. The lowest BCUT2D eigenvalue weighted by molar-refractivity contribution is 0.0782. The van der Waals surface area contributed by atoms with Gasteiger partial charge in [-0.25, -0.2) is 9.97 Å². The summed E-state index contributed by atoms with van der Waals surface area (Å²) in [5, 5.41) is 8.41. The number of aromatic nitrogens is 5. The van der Waals surface area contributed by atoms with Crippen LogP contribution < -0.4 is 9.64 Å². The molecule has 0 saturated carbocycles. The Hall–Kier alpha value is -3.24. The van der Waals surface area contributed by atoms with E-state index in [1.807, 2.05) is 24.8 Å². The topological polar surface area (TPSA) is 121 Å². The molecule has 5 rings (SSSR count). The Morgan fingerprint density at radius 3 is 2.15 bits per heavy atom. The minimum atomic E-state index is -0.00134. The van der Waals surface area contributed by atoms with Gasteiger partial charge in [0.1, 0.15) is 11.4 Å². The predicted octanol–water partition coefficient (Wildman–Crippen LogP) is 1.49. The summed E-state index contributed by atoms with van der Waals surface area (Å²) in [6.07, 6.45) is 3.19. The second kappa shape index (κ2) is 9.72. The molecule has 2 aliphatic heterocycles. The zero-order chi connectivity index (χ0) is 21.5. The van der Waals surface area contributed by atoms with E-state index in [1.54, 1.807) is 37.7 Å². The highest BCUT2D eigenvalue weighted by molar-refractivity contribution is 5.98. The molecule has 176 valence electrons. The number of likely N-dealkylation sites (tertiary alicyclic amines) is 1. The molecule has 2 aliphatic rings. The first kappa shape index (κ1) is 24.4. The van der Waals surface area contributed by atoms with Gasteiger partial charge in [0.15, 0.2) is 0 Å². The van der Waals surface area contributed by atoms with E-state index in [1.165, 1.54) is 4.80 Å². The molecule has 2 atom stereocenters. The Morgan fingerprint density at radius 1 is 0.970 bits per heavy atom. The minimum absolute atomic E-state index is 0. The maximum absolute atomic E-state index is 13.4. The number of rotatable bonds is 4. The Balaban J connectivity index is 0.00000153. The van der Waals surface area contributed by atoms with Gasteiger partial charge in [-0.1, -0.05) is 0 Å². The number of nitrogens with zero attached hydrogens (tertiary/aromatic N) is 7. The van der Waals surface area contributed by atoms with Crippen LogP contribution in [0, 0.1) is 25.7 Å². The van der Waals surface area contributed by atoms with Crippen LogP contribution in [0.25, 0.3) is 5.69 Å². The summed E-state index contributed by atoms with van der Waals surface area (Å²) in [6, 6.07) is 7.38. The first-order valence-electron chi connectivity index (χ1n) is 10.4. The Kier molecular flexibility index (Phi) is 7.19. The molecule has 0 radical (unpaired) electrons. The number of amides is 1. The van der Waals surface area contributed by atoms with Crippen molar-refractivity contribution in [2.24, 2.45) is 11.8 Å². The smallest absolute Gasteiger partial charge is 0.256 e. The summed E-state index contributed by atoms with van der Waals surface area (Å²) in [5.41, 5.74) is 3.16. The predicted molar refractivity (Wildman–Crippen MR) is 125 cm³/mol. The fraction of sp³-hybridized carbons (Fsp3) is 0.409. The van der Waals surface area contributed by atoms with Crippen LogP contribution in [-0.4, -0.2) is 74.5 Å². The minimum Gasteiger partial charge on any atom is -0.497 e. The number of benzene rings is 1. The lowest BCUT2D eigenvalue weighted by Crippen LogP contribution is -2.34. The number of hydrogen-bond donors (Lipinski definition) is 0. The molecule has 4 heterocycles. The number of methoxy groups -OCH3 is 1. The van der Waals surface area contributed by atoms with Crippen molar-refractivity contribution < 1.29 is 15.0 Å². The highest BCUT2D eigenvalue weighted by Crippen LogP contribution is 2.34. The molecule has 2 unspecified atom stereocenters. The quantitative estimate of drug-likeness (QED) is 0.562. The van der Waals surface area contributed by atoms with Gasteiger partial charge in [-0.05, 0) is 32.0 Å². The highest BCUT2D eigenvalue weighted by atomic mass is 35.5. The molecule has 0 bridgehead atoms. The van der Waals surface area contributed by atoms with Gasteiger partial charge in [0.2, 0.25) is 5.95 Å². The van der Waals surface area contributed by atoms with E-state index in [0.717, 1.165) is 43.5 Å². The van der Waals surface area contributed by atoms with E-state index in [0.29, 0.717) is 28.8 Å². The number of aryl methyl sites for hydroxylation is 2. The molecule has 1 amide bonds. The molecule has 2 N–H and O–H groups in total. The summed E-state index contributed by atoms with van der Waals surface area (Å²) in [6.45, 7) is 7.18. The third-order valence-corrected chi connectivity index (χ3v) is 6.10. The van der Waals surface area contributed by atoms with Gasteiger partial charge in [-0.15, -0.1) is 12.4 Å².